The quantitative estimate of drug-likeness (QED) is 0.338. The van der Waals surface area contributed by atoms with E-state index in [0.717, 1.165) is 43.7 Å². The number of alkyl halides is 3. The Morgan fingerprint density at radius 2 is 1.52 bits per heavy atom. The maximum atomic E-state index is 14.7. The third kappa shape index (κ3) is 6.77. The zero-order valence-corrected chi connectivity index (χ0v) is 19.3. The van der Waals surface area contributed by atoms with Crippen LogP contribution in [0, 0.1) is 29.3 Å². The van der Waals surface area contributed by atoms with Crippen LogP contribution < -0.4 is 0 Å². The van der Waals surface area contributed by atoms with Crippen LogP contribution in [0.3, 0.4) is 0 Å². The Balaban J connectivity index is 1.60. The smallest absolute Gasteiger partial charge is 0.207 e. The standard InChI is InChI=1S/C27H32F6/c1-3-17(2)4-5-18-6-10-20(11-7-18)21-15-24(28)22(25(29)16-21)12-8-19-9-13-23(26(30)14-19)27(31,32)33/h9,13-18,20H,3-8,10-12H2,1-2H3. The molecule has 0 nitrogen and oxygen atoms in total. The van der Waals surface area contributed by atoms with Gasteiger partial charge in [-0.05, 0) is 91.7 Å². The molecule has 0 spiro atoms. The Hall–Kier alpha value is -1.98. The number of aryl methyl sites for hydroxylation is 1. The second-order valence-electron chi connectivity index (χ2n) is 9.58. The summed E-state index contributed by atoms with van der Waals surface area (Å²) in [6.07, 6.45) is 2.85. The maximum Gasteiger partial charge on any atom is 0.419 e. The zero-order valence-electron chi connectivity index (χ0n) is 19.3. The molecule has 1 aliphatic rings. The van der Waals surface area contributed by atoms with Crippen LogP contribution >= 0.6 is 0 Å². The van der Waals surface area contributed by atoms with Gasteiger partial charge in [-0.1, -0.05) is 39.2 Å². The molecule has 0 bridgehead atoms. The summed E-state index contributed by atoms with van der Waals surface area (Å²) >= 11 is 0. The van der Waals surface area contributed by atoms with Crippen molar-refractivity contribution in [1.29, 1.82) is 0 Å². The predicted octanol–water partition coefficient (Wildman–Crippen LogP) is 9.01. The second-order valence-corrected chi connectivity index (χ2v) is 9.58. The van der Waals surface area contributed by atoms with Crippen LogP contribution in [0.2, 0.25) is 0 Å². The van der Waals surface area contributed by atoms with Crippen LogP contribution in [0.5, 0.6) is 0 Å². The Morgan fingerprint density at radius 1 is 0.879 bits per heavy atom. The summed E-state index contributed by atoms with van der Waals surface area (Å²) in [5.74, 6) is -1.10. The molecule has 33 heavy (non-hydrogen) atoms. The third-order valence-electron chi connectivity index (χ3n) is 7.25. The lowest BCUT2D eigenvalue weighted by molar-refractivity contribution is -0.140. The van der Waals surface area contributed by atoms with Crippen LogP contribution in [0.4, 0.5) is 26.3 Å². The van der Waals surface area contributed by atoms with Crippen molar-refractivity contribution in [2.75, 3.05) is 0 Å². The molecular formula is C27H32F6. The predicted molar refractivity (Wildman–Crippen MR) is 119 cm³/mol. The van der Waals surface area contributed by atoms with E-state index in [4.69, 9.17) is 0 Å². The molecule has 6 heteroatoms. The third-order valence-corrected chi connectivity index (χ3v) is 7.25. The first-order valence-corrected chi connectivity index (χ1v) is 11.9. The molecule has 1 unspecified atom stereocenters. The molecule has 1 aliphatic carbocycles. The summed E-state index contributed by atoms with van der Waals surface area (Å²) in [5, 5.41) is 0. The van der Waals surface area contributed by atoms with Crippen LogP contribution in [-0.4, -0.2) is 0 Å². The summed E-state index contributed by atoms with van der Waals surface area (Å²) in [6.45, 7) is 4.48. The molecular weight excluding hydrogens is 438 g/mol. The fourth-order valence-electron chi connectivity index (χ4n) is 4.82. The largest absolute Gasteiger partial charge is 0.419 e. The van der Waals surface area contributed by atoms with Gasteiger partial charge >= 0.3 is 6.18 Å². The van der Waals surface area contributed by atoms with Gasteiger partial charge in [-0.3, -0.25) is 0 Å². The molecule has 1 fully saturated rings. The molecule has 182 valence electrons. The van der Waals surface area contributed by atoms with Gasteiger partial charge in [0.1, 0.15) is 17.5 Å². The van der Waals surface area contributed by atoms with Gasteiger partial charge in [-0.25, -0.2) is 13.2 Å². The molecule has 3 rings (SSSR count). The minimum absolute atomic E-state index is 0.0452. The molecule has 2 aromatic carbocycles. The molecule has 1 saturated carbocycles. The van der Waals surface area contributed by atoms with Gasteiger partial charge in [0.2, 0.25) is 0 Å². The zero-order chi connectivity index (χ0) is 24.2. The molecule has 0 saturated heterocycles. The minimum atomic E-state index is -4.77. The summed E-state index contributed by atoms with van der Waals surface area (Å²) in [7, 11) is 0. The molecule has 0 amide bonds. The first-order valence-electron chi connectivity index (χ1n) is 11.9. The highest BCUT2D eigenvalue weighted by molar-refractivity contribution is 5.31. The lowest BCUT2D eigenvalue weighted by Crippen LogP contribution is -2.15. The van der Waals surface area contributed by atoms with E-state index in [1.165, 1.54) is 31.4 Å². The highest BCUT2D eigenvalue weighted by Crippen LogP contribution is 2.39. The number of hydrogen-bond donors (Lipinski definition) is 0. The van der Waals surface area contributed by atoms with Crippen molar-refractivity contribution in [1.82, 2.24) is 0 Å². The molecule has 0 aromatic heterocycles. The van der Waals surface area contributed by atoms with Crippen molar-refractivity contribution in [3.8, 4) is 0 Å². The van der Waals surface area contributed by atoms with Gasteiger partial charge in [0, 0.05) is 5.56 Å². The Morgan fingerprint density at radius 3 is 2.06 bits per heavy atom. The number of halogens is 6. The SMILES string of the molecule is CCC(C)CCC1CCC(c2cc(F)c(CCc3ccc(C(F)(F)F)c(F)c3)c(F)c2)CC1. The van der Waals surface area contributed by atoms with Crippen molar-refractivity contribution < 1.29 is 26.3 Å². The molecule has 1 atom stereocenters. The van der Waals surface area contributed by atoms with Gasteiger partial charge < -0.3 is 0 Å². The normalized spacial score (nSPS) is 20.1. The highest BCUT2D eigenvalue weighted by atomic mass is 19.4. The number of benzene rings is 2. The highest BCUT2D eigenvalue weighted by Gasteiger charge is 2.34. The van der Waals surface area contributed by atoms with Crippen molar-refractivity contribution in [3.63, 3.8) is 0 Å². The first-order chi connectivity index (χ1) is 15.6. The Bertz CT molecular complexity index is 902. The maximum absolute atomic E-state index is 14.7. The van der Waals surface area contributed by atoms with E-state index in [1.807, 2.05) is 0 Å². The lowest BCUT2D eigenvalue weighted by atomic mass is 9.76. The molecule has 0 N–H and O–H groups in total. The Labute approximate surface area is 192 Å². The van der Waals surface area contributed by atoms with Gasteiger partial charge in [0.05, 0.1) is 5.56 Å². The van der Waals surface area contributed by atoms with Gasteiger partial charge in [0.15, 0.2) is 0 Å². The van der Waals surface area contributed by atoms with Crippen molar-refractivity contribution in [3.05, 3.63) is 70.0 Å². The van der Waals surface area contributed by atoms with Crippen LogP contribution in [0.15, 0.2) is 30.3 Å². The lowest BCUT2D eigenvalue weighted by Gasteiger charge is -2.29. The molecule has 2 aromatic rings. The summed E-state index contributed by atoms with van der Waals surface area (Å²) in [6, 6.07) is 5.40. The van der Waals surface area contributed by atoms with Crippen LogP contribution in [-0.2, 0) is 19.0 Å². The molecule has 0 radical (unpaired) electrons. The van der Waals surface area contributed by atoms with E-state index >= 15 is 0 Å². The van der Waals surface area contributed by atoms with Crippen LogP contribution in [0.25, 0.3) is 0 Å². The average Bonchev–Trinajstić information content (AvgIpc) is 2.76. The fraction of sp³-hybridized carbons (Fsp3) is 0.556. The Kier molecular flexibility index (Phi) is 8.52. The van der Waals surface area contributed by atoms with E-state index in [1.54, 1.807) is 0 Å². The van der Waals surface area contributed by atoms with Crippen molar-refractivity contribution in [2.24, 2.45) is 11.8 Å². The monoisotopic (exact) mass is 470 g/mol. The topological polar surface area (TPSA) is 0 Å². The minimum Gasteiger partial charge on any atom is -0.207 e. The summed E-state index contributed by atoms with van der Waals surface area (Å²) in [5.41, 5.74) is -0.516. The average molecular weight is 471 g/mol. The van der Waals surface area contributed by atoms with E-state index in [-0.39, 0.29) is 29.9 Å². The summed E-state index contributed by atoms with van der Waals surface area (Å²) < 4.78 is 81.3. The van der Waals surface area contributed by atoms with Gasteiger partial charge in [-0.15, -0.1) is 0 Å². The molecule has 0 heterocycles. The van der Waals surface area contributed by atoms with Crippen molar-refractivity contribution in [2.45, 2.75) is 83.7 Å². The van der Waals surface area contributed by atoms with Gasteiger partial charge in [0.25, 0.3) is 0 Å². The van der Waals surface area contributed by atoms with E-state index in [2.05, 4.69) is 13.8 Å². The van der Waals surface area contributed by atoms with Crippen LogP contribution in [0.1, 0.15) is 87.0 Å². The van der Waals surface area contributed by atoms with Crippen molar-refractivity contribution >= 4 is 0 Å². The number of rotatable bonds is 8. The summed E-state index contributed by atoms with van der Waals surface area (Å²) in [4.78, 5) is 0. The van der Waals surface area contributed by atoms with E-state index in [0.29, 0.717) is 17.5 Å². The molecule has 0 aliphatic heterocycles. The fourth-order valence-corrected chi connectivity index (χ4v) is 4.82. The van der Waals surface area contributed by atoms with Gasteiger partial charge in [-0.2, -0.15) is 13.2 Å². The number of hydrogen-bond acceptors (Lipinski definition) is 0. The second kappa shape index (κ2) is 11.0. The first kappa shape index (κ1) is 25.6. The van der Waals surface area contributed by atoms with E-state index < -0.39 is 29.2 Å². The van der Waals surface area contributed by atoms with E-state index in [9.17, 15) is 26.3 Å².